The van der Waals surface area contributed by atoms with Gasteiger partial charge in [-0.15, -0.1) is 0 Å². The summed E-state index contributed by atoms with van der Waals surface area (Å²) in [7, 11) is 0. The number of carbonyl (C=O) groups excluding carboxylic acids is 11. The molecule has 25 nitrogen and oxygen atoms in total. The number of carboxylic acids is 1. The number of alkyl halides is 1. The van der Waals surface area contributed by atoms with Crippen molar-refractivity contribution < 1.29 is 62.6 Å². The summed E-state index contributed by atoms with van der Waals surface area (Å²) in [5, 5.41) is 27.8. The number of unbranched alkanes of at least 4 members (excludes halogenated alkanes) is 1. The molecule has 0 aromatic heterocycles. The zero-order chi connectivity index (χ0) is 58.2. The minimum absolute atomic E-state index is 0.0261. The third kappa shape index (κ3) is 20.9. The first kappa shape index (κ1) is 65.6. The summed E-state index contributed by atoms with van der Waals surface area (Å²) in [5.41, 5.74) is 17.0. The third-order valence-electron chi connectivity index (χ3n) is 13.8. The lowest BCUT2D eigenvalue weighted by Gasteiger charge is -2.33. The van der Waals surface area contributed by atoms with E-state index in [1.807, 2.05) is 13.8 Å². The van der Waals surface area contributed by atoms with Crippen LogP contribution in [0.3, 0.4) is 0 Å². The summed E-state index contributed by atoms with van der Waals surface area (Å²) < 4.78 is 0. The maximum atomic E-state index is 14.5. The van der Waals surface area contributed by atoms with Crippen molar-refractivity contribution in [2.75, 3.05) is 25.0 Å². The van der Waals surface area contributed by atoms with Gasteiger partial charge in [-0.1, -0.05) is 80.4 Å². The molecule has 0 saturated carbocycles. The van der Waals surface area contributed by atoms with Gasteiger partial charge in [-0.05, 0) is 88.2 Å². The van der Waals surface area contributed by atoms with Gasteiger partial charge in [0, 0.05) is 38.2 Å². The van der Waals surface area contributed by atoms with Gasteiger partial charge in [-0.3, -0.25) is 57.5 Å². The topological polar surface area (TPSA) is 394 Å². The van der Waals surface area contributed by atoms with E-state index in [0.717, 1.165) is 0 Å². The first-order valence-corrected chi connectivity index (χ1v) is 27.8. The van der Waals surface area contributed by atoms with E-state index in [4.69, 9.17) is 17.2 Å². The van der Waals surface area contributed by atoms with E-state index in [2.05, 4.69) is 53.1 Å². The number of hydrogen-bond donors (Lipinski definition) is 11. The van der Waals surface area contributed by atoms with Gasteiger partial charge < -0.3 is 69.3 Å². The van der Waals surface area contributed by atoms with E-state index in [1.165, 1.54) is 16.7 Å². The molecule has 2 heterocycles. The third-order valence-corrected chi connectivity index (χ3v) is 14.3. The molecule has 1 aromatic rings. The molecular weight excluding hydrogens is 1080 g/mol. The lowest BCUT2D eigenvalue weighted by atomic mass is 9.96. The highest BCUT2D eigenvalue weighted by Crippen LogP contribution is 2.24. The van der Waals surface area contributed by atoms with Crippen LogP contribution in [0.25, 0.3) is 0 Å². The lowest BCUT2D eigenvalue weighted by molar-refractivity contribution is -0.144. The van der Waals surface area contributed by atoms with Crippen molar-refractivity contribution in [1.82, 2.24) is 47.0 Å². The van der Waals surface area contributed by atoms with Crippen LogP contribution in [-0.4, -0.2) is 165 Å². The number of nitrogens with one attached hydrogen (secondary N) is 7. The van der Waals surface area contributed by atoms with Gasteiger partial charge in [0.1, 0.15) is 54.4 Å². The molecule has 2 aliphatic heterocycles. The fraction of sp³-hybridized carbons (Fsp3) is 0.654. The first-order chi connectivity index (χ1) is 36.9. The highest BCUT2D eigenvalue weighted by Gasteiger charge is 2.43. The number of aliphatic carboxylic acids is 1. The van der Waals surface area contributed by atoms with E-state index >= 15 is 0 Å². The molecule has 11 amide bonds. The molecule has 26 heteroatoms. The van der Waals surface area contributed by atoms with Gasteiger partial charge in [0.2, 0.25) is 65.0 Å². The van der Waals surface area contributed by atoms with Crippen molar-refractivity contribution in [2.45, 2.75) is 179 Å². The van der Waals surface area contributed by atoms with Gasteiger partial charge in [0.05, 0.1) is 6.42 Å². The fourth-order valence-corrected chi connectivity index (χ4v) is 9.77. The van der Waals surface area contributed by atoms with Crippen molar-refractivity contribution in [3.05, 3.63) is 35.9 Å². The summed E-state index contributed by atoms with van der Waals surface area (Å²) in [6, 6.07) is -2.40. The number of carboxylic acid groups (broad SMARTS) is 1. The van der Waals surface area contributed by atoms with Crippen molar-refractivity contribution in [3.8, 4) is 0 Å². The number of likely N-dealkylation sites (tertiary alicyclic amines) is 2. The highest BCUT2D eigenvalue weighted by atomic mass is 79.9. The van der Waals surface area contributed by atoms with Crippen LogP contribution in [0.4, 0.5) is 0 Å². The Balaban J connectivity index is 1.87. The first-order valence-electron chi connectivity index (χ1n) is 26.7. The van der Waals surface area contributed by atoms with E-state index in [0.29, 0.717) is 50.6 Å². The fourth-order valence-electron chi connectivity index (χ4n) is 9.31. The number of carbonyl (C=O) groups is 12. The van der Waals surface area contributed by atoms with Crippen LogP contribution in [0.1, 0.15) is 124 Å². The van der Waals surface area contributed by atoms with Crippen LogP contribution >= 0.6 is 15.9 Å². The molecule has 10 atom stereocenters. The lowest BCUT2D eigenvalue weighted by Crippen LogP contribution is -2.61. The Morgan fingerprint density at radius 2 is 1.15 bits per heavy atom. The monoisotopic (exact) mass is 1160 g/mol. The van der Waals surface area contributed by atoms with E-state index < -0.39 is 132 Å². The number of amides is 11. The number of benzene rings is 1. The van der Waals surface area contributed by atoms with Crippen LogP contribution in [-0.2, 0) is 64.0 Å². The van der Waals surface area contributed by atoms with Crippen molar-refractivity contribution >= 4 is 86.9 Å². The van der Waals surface area contributed by atoms with Gasteiger partial charge in [-0.25, -0.2) is 0 Å². The number of hydrogen-bond acceptors (Lipinski definition) is 13. The Kier molecular flexibility index (Phi) is 27.7. The van der Waals surface area contributed by atoms with E-state index in [1.54, 1.807) is 44.2 Å². The summed E-state index contributed by atoms with van der Waals surface area (Å²) in [6.07, 6.45) is 1.39. The van der Waals surface area contributed by atoms with Gasteiger partial charge >= 0.3 is 5.97 Å². The van der Waals surface area contributed by atoms with Gasteiger partial charge in [0.25, 0.3) is 0 Å². The number of rotatable bonds is 33. The molecule has 0 unspecified atom stereocenters. The molecule has 0 radical (unpaired) electrons. The molecule has 0 bridgehead atoms. The molecule has 0 spiro atoms. The summed E-state index contributed by atoms with van der Waals surface area (Å²) in [6.45, 7) is 9.55. The Morgan fingerprint density at radius 3 is 1.67 bits per heavy atom. The Hall–Kier alpha value is -6.70. The average molecular weight is 1160 g/mol. The highest BCUT2D eigenvalue weighted by molar-refractivity contribution is 9.09. The second kappa shape index (κ2) is 32.9. The molecule has 2 saturated heterocycles. The minimum atomic E-state index is -1.62. The molecule has 14 N–H and O–H groups in total. The molecule has 2 aliphatic rings. The van der Waals surface area contributed by atoms with Crippen LogP contribution in [0.15, 0.2) is 30.3 Å². The summed E-state index contributed by atoms with van der Waals surface area (Å²) >= 11 is 3.30. The molecular formula is C52H81BrN12O13. The maximum Gasteiger partial charge on any atom is 0.305 e. The van der Waals surface area contributed by atoms with Crippen molar-refractivity contribution in [3.63, 3.8) is 0 Å². The molecule has 1 aromatic carbocycles. The predicted molar refractivity (Wildman–Crippen MR) is 289 cm³/mol. The molecule has 0 aliphatic carbocycles. The Morgan fingerprint density at radius 1 is 0.654 bits per heavy atom. The number of nitrogens with zero attached hydrogens (tertiary/aromatic N) is 2. The molecule has 3 rings (SSSR count). The predicted octanol–water partition coefficient (Wildman–Crippen LogP) is -1.14. The Labute approximate surface area is 463 Å². The van der Waals surface area contributed by atoms with Gasteiger partial charge in [0.15, 0.2) is 0 Å². The minimum Gasteiger partial charge on any atom is -0.481 e. The standard InChI is InChI=1S/C52H81BrN12O13/c1-6-30(4)43(63-51(77)39-17-12-24-64(39)31(5)66)52(78)65-25-13-18-40(65)50(76)62-38(27-32-14-8-7-9-15-32)49(75)61-37(26-29(2)3)48(74)59-35(21-22-53)47(73)58-34(19-20-41(55)67)46(72)57-33(16-10-11-23-54)45(71)60-36(44(56)70)28-42(68)69/h7-9,14-15,29-30,33-40,43H,6,10-13,16-28,54H2,1-5H3,(H2,55,67)(H2,56,70)(H,57,72)(H,58,73)(H,59,74)(H,60,71)(H,61,75)(H,62,76)(H,63,77)(H,68,69)/t30-,33-,34-,35-,36-,37-,38-,39-,40-,43-/m0/s1. The van der Waals surface area contributed by atoms with E-state index in [9.17, 15) is 62.6 Å². The van der Waals surface area contributed by atoms with E-state index in [-0.39, 0.29) is 74.7 Å². The van der Waals surface area contributed by atoms with Crippen LogP contribution in [0, 0.1) is 11.8 Å². The van der Waals surface area contributed by atoms with Crippen LogP contribution in [0.5, 0.6) is 0 Å². The summed E-state index contributed by atoms with van der Waals surface area (Å²) in [5.74, 6) is -10.1. The zero-order valence-corrected chi connectivity index (χ0v) is 46.9. The molecule has 2 fully saturated rings. The number of primary amides is 2. The maximum absolute atomic E-state index is 14.5. The van der Waals surface area contributed by atoms with Gasteiger partial charge in [-0.2, -0.15) is 0 Å². The van der Waals surface area contributed by atoms with Crippen molar-refractivity contribution in [1.29, 1.82) is 0 Å². The SMILES string of the molecule is CC[C@H](C)[C@H](NC(=O)[C@@H]1CCCN1C(C)=O)C(=O)N1CCC[C@H]1C(=O)N[C@@H](Cc1ccccc1)C(=O)N[C@@H](CC(C)C)C(=O)N[C@@H](CCBr)C(=O)N[C@@H](CCC(N)=O)C(=O)N[C@@H](CCCCN)C(=O)N[C@@H](CC(=O)O)C(N)=O. The van der Waals surface area contributed by atoms with Crippen LogP contribution < -0.4 is 54.4 Å². The normalized spacial score (nSPS) is 18.2. The number of nitrogens with two attached hydrogens (primary N) is 3. The van der Waals surface area contributed by atoms with Crippen LogP contribution in [0.2, 0.25) is 0 Å². The largest absolute Gasteiger partial charge is 0.481 e. The number of halogens is 1. The molecule has 78 heavy (non-hydrogen) atoms. The zero-order valence-electron chi connectivity index (χ0n) is 45.3. The van der Waals surface area contributed by atoms with Crippen molar-refractivity contribution in [2.24, 2.45) is 29.0 Å². The quantitative estimate of drug-likeness (QED) is 0.0293. The second-order valence-electron chi connectivity index (χ2n) is 20.4. The summed E-state index contributed by atoms with van der Waals surface area (Å²) in [4.78, 5) is 163. The molecule has 434 valence electrons. The second-order valence-corrected chi connectivity index (χ2v) is 21.2. The Bertz CT molecular complexity index is 2280. The smallest absolute Gasteiger partial charge is 0.305 e. The average Bonchev–Trinajstić information content (AvgIpc) is 4.11.